The van der Waals surface area contributed by atoms with Crippen LogP contribution in [-0.4, -0.2) is 47.1 Å². The van der Waals surface area contributed by atoms with Gasteiger partial charge in [0.25, 0.3) is 11.6 Å². The molecule has 0 bridgehead atoms. The molecule has 1 rings (SSSR count). The van der Waals surface area contributed by atoms with Gasteiger partial charge in [-0.05, 0) is 40.2 Å². The summed E-state index contributed by atoms with van der Waals surface area (Å²) in [5.41, 5.74) is 0.158. The summed E-state index contributed by atoms with van der Waals surface area (Å²) in [6.07, 6.45) is -0.448. The molecule has 0 aliphatic carbocycles. The molecule has 0 spiro atoms. The van der Waals surface area contributed by atoms with Gasteiger partial charge in [0.15, 0.2) is 0 Å². The number of non-ortho nitro benzene ring substituents is 1. The van der Waals surface area contributed by atoms with Crippen molar-refractivity contribution in [2.24, 2.45) is 0 Å². The molecule has 0 aliphatic rings. The average Bonchev–Trinajstić information content (AvgIpc) is 2.49. The molecular weight excluding hydrogens is 326 g/mol. The Labute approximate surface area is 147 Å². The Morgan fingerprint density at radius 3 is 2.48 bits per heavy atom. The van der Waals surface area contributed by atoms with E-state index in [4.69, 9.17) is 4.74 Å². The van der Waals surface area contributed by atoms with Gasteiger partial charge < -0.3 is 15.0 Å². The van der Waals surface area contributed by atoms with Crippen LogP contribution in [0.5, 0.6) is 0 Å². The summed E-state index contributed by atoms with van der Waals surface area (Å²) in [5, 5.41) is 13.5. The number of hydrogen-bond acceptors (Lipinski definition) is 5. The van der Waals surface area contributed by atoms with Gasteiger partial charge in [-0.25, -0.2) is 4.79 Å². The molecular formula is C17H25N3O5. The Balaban J connectivity index is 2.66. The molecule has 1 N–H and O–H groups in total. The van der Waals surface area contributed by atoms with Gasteiger partial charge in [0.05, 0.1) is 4.92 Å². The molecule has 0 aromatic heterocycles. The van der Waals surface area contributed by atoms with E-state index < -0.39 is 22.5 Å². The first-order valence-corrected chi connectivity index (χ1v) is 8.06. The van der Waals surface area contributed by atoms with E-state index in [1.54, 1.807) is 27.7 Å². The van der Waals surface area contributed by atoms with Gasteiger partial charge in [-0.2, -0.15) is 0 Å². The molecule has 0 aliphatic heterocycles. The highest BCUT2D eigenvalue weighted by Gasteiger charge is 2.21. The van der Waals surface area contributed by atoms with Crippen LogP contribution in [0.3, 0.4) is 0 Å². The Kier molecular flexibility index (Phi) is 6.90. The van der Waals surface area contributed by atoms with Crippen LogP contribution < -0.4 is 5.32 Å². The maximum Gasteiger partial charge on any atom is 0.410 e. The van der Waals surface area contributed by atoms with Crippen molar-refractivity contribution in [2.75, 3.05) is 19.6 Å². The first kappa shape index (κ1) is 20.4. The van der Waals surface area contributed by atoms with Gasteiger partial charge in [0.1, 0.15) is 5.60 Å². The fraction of sp³-hybridized carbons (Fsp3) is 0.529. The zero-order chi connectivity index (χ0) is 19.2. The quantitative estimate of drug-likeness (QED) is 0.627. The number of nitro benzene ring substituents is 1. The number of nitro groups is 1. The third-order valence-corrected chi connectivity index (χ3v) is 3.38. The van der Waals surface area contributed by atoms with Crippen LogP contribution in [0.4, 0.5) is 10.5 Å². The van der Waals surface area contributed by atoms with E-state index >= 15 is 0 Å². The topological polar surface area (TPSA) is 102 Å². The van der Waals surface area contributed by atoms with Crippen molar-refractivity contribution in [2.45, 2.75) is 40.2 Å². The predicted octanol–water partition coefficient (Wildman–Crippen LogP) is 2.89. The van der Waals surface area contributed by atoms with Gasteiger partial charge in [-0.15, -0.1) is 0 Å². The molecule has 1 aromatic carbocycles. The van der Waals surface area contributed by atoms with Crippen molar-refractivity contribution in [3.8, 4) is 0 Å². The molecule has 0 saturated carbocycles. The first-order chi connectivity index (χ1) is 11.5. The van der Waals surface area contributed by atoms with Gasteiger partial charge in [0.2, 0.25) is 0 Å². The lowest BCUT2D eigenvalue weighted by atomic mass is 10.1. The number of nitrogens with zero attached hydrogens (tertiary/aromatic N) is 2. The zero-order valence-corrected chi connectivity index (χ0v) is 15.3. The number of nitrogens with one attached hydrogen (secondary N) is 1. The number of carbonyl (C=O) groups is 2. The summed E-state index contributed by atoms with van der Waals surface area (Å²) >= 11 is 0. The normalized spacial score (nSPS) is 10.9. The third-order valence-electron chi connectivity index (χ3n) is 3.38. The summed E-state index contributed by atoms with van der Waals surface area (Å²) in [5.74, 6) is -0.415. The molecule has 0 atom stereocenters. The maximum absolute atomic E-state index is 12.2. The largest absolute Gasteiger partial charge is 0.444 e. The lowest BCUT2D eigenvalue weighted by Crippen LogP contribution is -2.41. The van der Waals surface area contributed by atoms with Crippen molar-refractivity contribution in [1.82, 2.24) is 10.2 Å². The molecule has 0 saturated heterocycles. The number of benzene rings is 1. The van der Waals surface area contributed by atoms with Gasteiger partial charge >= 0.3 is 6.09 Å². The molecule has 25 heavy (non-hydrogen) atoms. The zero-order valence-electron chi connectivity index (χ0n) is 15.3. The molecule has 0 fully saturated rings. The second-order valence-electron chi connectivity index (χ2n) is 6.57. The smallest absolute Gasteiger partial charge is 0.410 e. The molecule has 138 valence electrons. The minimum atomic E-state index is -0.589. The first-order valence-electron chi connectivity index (χ1n) is 8.06. The molecule has 0 unspecified atom stereocenters. The number of carbonyl (C=O) groups excluding carboxylic acids is 2. The molecule has 0 radical (unpaired) electrons. The van der Waals surface area contributed by atoms with E-state index in [1.807, 2.05) is 6.92 Å². The second kappa shape index (κ2) is 8.46. The van der Waals surface area contributed by atoms with Crippen LogP contribution in [0, 0.1) is 17.0 Å². The van der Waals surface area contributed by atoms with Crippen LogP contribution in [0.15, 0.2) is 18.2 Å². The van der Waals surface area contributed by atoms with Crippen LogP contribution >= 0.6 is 0 Å². The van der Waals surface area contributed by atoms with Crippen molar-refractivity contribution in [3.63, 3.8) is 0 Å². The van der Waals surface area contributed by atoms with Crippen LogP contribution in [0.25, 0.3) is 0 Å². The van der Waals surface area contributed by atoms with E-state index in [0.717, 1.165) is 0 Å². The second-order valence-corrected chi connectivity index (χ2v) is 6.57. The highest BCUT2D eigenvalue weighted by Crippen LogP contribution is 2.17. The third kappa shape index (κ3) is 6.40. The van der Waals surface area contributed by atoms with Crippen LogP contribution in [0.2, 0.25) is 0 Å². The number of amides is 2. The van der Waals surface area contributed by atoms with Gasteiger partial charge in [0, 0.05) is 37.3 Å². The monoisotopic (exact) mass is 351 g/mol. The Morgan fingerprint density at radius 2 is 1.96 bits per heavy atom. The summed E-state index contributed by atoms with van der Waals surface area (Å²) in [7, 11) is 0. The van der Waals surface area contributed by atoms with Crippen molar-refractivity contribution >= 4 is 17.7 Å². The fourth-order valence-corrected chi connectivity index (χ4v) is 2.07. The summed E-state index contributed by atoms with van der Waals surface area (Å²) in [4.78, 5) is 36.0. The highest BCUT2D eigenvalue weighted by molar-refractivity contribution is 5.96. The molecule has 8 heteroatoms. The average molecular weight is 351 g/mol. The Bertz CT molecular complexity index is 652. The number of rotatable bonds is 6. The minimum absolute atomic E-state index is 0.139. The number of aryl methyl sites for hydroxylation is 1. The lowest BCUT2D eigenvalue weighted by molar-refractivity contribution is -0.384. The molecule has 1 aromatic rings. The molecule has 0 heterocycles. The van der Waals surface area contributed by atoms with Crippen LogP contribution in [-0.2, 0) is 4.74 Å². The summed E-state index contributed by atoms with van der Waals surface area (Å²) < 4.78 is 5.29. The number of hydrogen-bond donors (Lipinski definition) is 1. The van der Waals surface area contributed by atoms with Crippen molar-refractivity contribution < 1.29 is 19.2 Å². The lowest BCUT2D eigenvalue weighted by Gasteiger charge is -2.26. The SMILES string of the molecule is CCN(CCNC(=O)c1cc([N+](=O)[O-])ccc1C)C(=O)OC(C)(C)C. The van der Waals surface area contributed by atoms with E-state index in [2.05, 4.69) is 5.32 Å². The Hall–Kier alpha value is -2.64. The minimum Gasteiger partial charge on any atom is -0.444 e. The van der Waals surface area contributed by atoms with Crippen molar-refractivity contribution in [3.05, 3.63) is 39.4 Å². The summed E-state index contributed by atoms with van der Waals surface area (Å²) in [6, 6.07) is 4.13. The van der Waals surface area contributed by atoms with E-state index in [0.29, 0.717) is 12.1 Å². The Morgan fingerprint density at radius 1 is 1.32 bits per heavy atom. The summed E-state index contributed by atoms with van der Waals surface area (Å²) in [6.45, 7) is 9.82. The number of ether oxygens (including phenoxy) is 1. The van der Waals surface area contributed by atoms with E-state index in [-0.39, 0.29) is 24.3 Å². The fourth-order valence-electron chi connectivity index (χ4n) is 2.07. The van der Waals surface area contributed by atoms with Gasteiger partial charge in [-0.3, -0.25) is 14.9 Å². The number of likely N-dealkylation sites (N-methyl/N-ethyl adjacent to an activating group) is 1. The van der Waals surface area contributed by atoms with E-state index in [9.17, 15) is 19.7 Å². The molecule has 2 amide bonds. The maximum atomic E-state index is 12.2. The van der Waals surface area contributed by atoms with Crippen molar-refractivity contribution in [1.29, 1.82) is 0 Å². The van der Waals surface area contributed by atoms with Gasteiger partial charge in [-0.1, -0.05) is 6.07 Å². The molecule has 8 nitrogen and oxygen atoms in total. The van der Waals surface area contributed by atoms with E-state index in [1.165, 1.54) is 23.1 Å². The highest BCUT2D eigenvalue weighted by atomic mass is 16.6. The van der Waals surface area contributed by atoms with Crippen LogP contribution in [0.1, 0.15) is 43.6 Å². The standard InChI is InChI=1S/C17H25N3O5/c1-6-19(16(22)25-17(3,4)5)10-9-18-15(21)14-11-13(20(23)24)8-7-12(14)2/h7-8,11H,6,9-10H2,1-5H3,(H,18,21). The predicted molar refractivity (Wildman–Crippen MR) is 93.6 cm³/mol.